The maximum atomic E-state index is 13.0. The third kappa shape index (κ3) is 11.0. The molecule has 250 valence electrons. The summed E-state index contributed by atoms with van der Waals surface area (Å²) in [5.41, 5.74) is 3.14. The maximum Gasteiger partial charge on any atom is 0.298 e. The molecule has 0 saturated heterocycles. The predicted octanol–water partition coefficient (Wildman–Crippen LogP) is 6.18. The first-order valence-corrected chi connectivity index (χ1v) is 18.1. The molecule has 1 atom stereocenters. The minimum absolute atomic E-state index is 0.0310. The third-order valence-corrected chi connectivity index (χ3v) is 9.44. The fraction of sp³-hybridized carbons (Fsp3) is 0.371. The molecule has 0 bridgehead atoms. The Hall–Kier alpha value is -4.13. The summed E-state index contributed by atoms with van der Waals surface area (Å²) in [6.45, 7) is 9.04. The van der Waals surface area contributed by atoms with E-state index in [1.54, 1.807) is 35.3 Å². The van der Waals surface area contributed by atoms with E-state index in [-0.39, 0.29) is 11.8 Å². The van der Waals surface area contributed by atoms with Crippen molar-refractivity contribution in [3.05, 3.63) is 88.4 Å². The molecule has 1 unspecified atom stereocenters. The number of hydrogen-bond acceptors (Lipinski definition) is 8. The molecule has 0 aliphatic rings. The van der Waals surface area contributed by atoms with Gasteiger partial charge in [0, 0.05) is 34.8 Å². The Labute approximate surface area is 281 Å². The normalized spacial score (nSPS) is 12.4. The molecule has 0 aliphatic carbocycles. The number of nitrogens with two attached hydrogens (primary N) is 1. The minimum atomic E-state index is -4.32. The van der Waals surface area contributed by atoms with Crippen LogP contribution in [0.2, 0.25) is 0 Å². The van der Waals surface area contributed by atoms with E-state index in [1.807, 2.05) is 63.2 Å². The Morgan fingerprint density at radius 2 is 1.51 bits per heavy atom. The Morgan fingerprint density at radius 1 is 0.872 bits per heavy atom. The molecule has 0 aliphatic heterocycles. The second kappa shape index (κ2) is 16.1. The van der Waals surface area contributed by atoms with Gasteiger partial charge in [-0.1, -0.05) is 89.8 Å². The van der Waals surface area contributed by atoms with Crippen LogP contribution < -0.4 is 19.9 Å². The summed E-state index contributed by atoms with van der Waals surface area (Å²) >= 11 is 1.32. The monoisotopic (exact) mass is 677 g/mol. The van der Waals surface area contributed by atoms with E-state index in [4.69, 9.17) is 9.88 Å². The van der Waals surface area contributed by atoms with E-state index >= 15 is 0 Å². The summed E-state index contributed by atoms with van der Waals surface area (Å²) in [5.74, 6) is -0.0527. The lowest BCUT2D eigenvalue weighted by Gasteiger charge is -2.18. The van der Waals surface area contributed by atoms with Crippen LogP contribution >= 0.6 is 11.3 Å². The van der Waals surface area contributed by atoms with Crippen molar-refractivity contribution in [1.29, 1.82) is 0 Å². The van der Waals surface area contributed by atoms with Crippen LogP contribution in [0.1, 0.15) is 79.9 Å². The van der Waals surface area contributed by atoms with Gasteiger partial charge < -0.3 is 10.1 Å². The van der Waals surface area contributed by atoms with Gasteiger partial charge in [0.2, 0.25) is 0 Å². The van der Waals surface area contributed by atoms with Crippen LogP contribution in [-0.2, 0) is 26.8 Å². The molecule has 0 radical (unpaired) electrons. The number of thiophene rings is 1. The molecule has 2 amide bonds. The summed E-state index contributed by atoms with van der Waals surface area (Å²) in [4.78, 5) is 36.4. The summed E-state index contributed by atoms with van der Waals surface area (Å²) in [5, 5.41) is 7.71. The molecule has 0 spiro atoms. The molecule has 0 fully saturated rings. The summed E-state index contributed by atoms with van der Waals surface area (Å²) in [7, 11) is -4.32. The fourth-order valence-electron chi connectivity index (χ4n) is 4.80. The predicted molar refractivity (Wildman–Crippen MR) is 186 cm³/mol. The molecule has 12 heteroatoms. The first-order chi connectivity index (χ1) is 22.3. The average Bonchev–Trinajstić information content (AvgIpc) is 3.54. The Kier molecular flexibility index (Phi) is 12.3. The molecule has 4 N–H and O–H groups in total. The van der Waals surface area contributed by atoms with E-state index in [0.717, 1.165) is 33.7 Å². The number of nitrogens with zero attached hydrogens (tertiary/aromatic N) is 2. The van der Waals surface area contributed by atoms with Gasteiger partial charge in [0.1, 0.15) is 11.8 Å². The number of amides is 2. The second-order valence-corrected chi connectivity index (χ2v) is 14.8. The molecular formula is C35H43N5O5S2. The highest BCUT2D eigenvalue weighted by molar-refractivity contribution is 7.87. The molecule has 2 aromatic carbocycles. The molecule has 4 aromatic rings. The fourth-order valence-corrected chi connectivity index (χ4v) is 6.19. The second-order valence-electron chi connectivity index (χ2n) is 12.4. The number of hydrogen-bond donors (Lipinski definition) is 3. The van der Waals surface area contributed by atoms with Gasteiger partial charge in [0.05, 0.1) is 11.5 Å². The quantitative estimate of drug-likeness (QED) is 0.127. The van der Waals surface area contributed by atoms with Crippen molar-refractivity contribution in [2.45, 2.75) is 77.7 Å². The summed E-state index contributed by atoms with van der Waals surface area (Å²) in [6, 6.07) is 17.4. The topological polar surface area (TPSA) is 153 Å². The Bertz CT molecular complexity index is 1730. The van der Waals surface area contributed by atoms with Crippen LogP contribution in [0, 0.1) is 0 Å². The lowest BCUT2D eigenvalue weighted by molar-refractivity contribution is -0.121. The Morgan fingerprint density at radius 3 is 2.11 bits per heavy atom. The van der Waals surface area contributed by atoms with Crippen LogP contribution in [0.15, 0.2) is 73.1 Å². The average molecular weight is 678 g/mol. The van der Waals surface area contributed by atoms with E-state index < -0.39 is 28.1 Å². The molecule has 47 heavy (non-hydrogen) atoms. The van der Waals surface area contributed by atoms with Gasteiger partial charge in [0.25, 0.3) is 22.0 Å². The number of nitrogens with one attached hydrogen (secondary N) is 2. The zero-order chi connectivity index (χ0) is 34.0. The van der Waals surface area contributed by atoms with Crippen molar-refractivity contribution in [3.63, 3.8) is 0 Å². The van der Waals surface area contributed by atoms with Crippen molar-refractivity contribution in [3.8, 4) is 28.3 Å². The molecule has 0 saturated carbocycles. The SMILES string of the molecule is CCCCCCCOc1ccc(-c2cnc(-c3ccc(CC(NC(=O)c4ccc(C(C)(C)C)s4)C(=O)NS(N)(=O)=O)cc3)nc2)cc1. The van der Waals surface area contributed by atoms with Gasteiger partial charge in [-0.15, -0.1) is 11.3 Å². The molecule has 4 rings (SSSR count). The lowest BCUT2D eigenvalue weighted by atomic mass is 9.95. The van der Waals surface area contributed by atoms with Crippen molar-refractivity contribution in [2.75, 3.05) is 6.61 Å². The first kappa shape index (κ1) is 35.7. The summed E-state index contributed by atoms with van der Waals surface area (Å²) in [6.07, 6.45) is 9.54. The Balaban J connectivity index is 1.39. The van der Waals surface area contributed by atoms with Crippen LogP contribution in [0.3, 0.4) is 0 Å². The number of carbonyl (C=O) groups excluding carboxylic acids is 2. The molecular weight excluding hydrogens is 635 g/mol. The van der Waals surface area contributed by atoms with Gasteiger partial charge in [-0.25, -0.2) is 19.8 Å². The number of aromatic nitrogens is 2. The summed E-state index contributed by atoms with van der Waals surface area (Å²) < 4.78 is 30.8. The zero-order valence-electron chi connectivity index (χ0n) is 27.3. The van der Waals surface area contributed by atoms with Gasteiger partial charge in [-0.05, 0) is 47.2 Å². The van der Waals surface area contributed by atoms with Crippen molar-refractivity contribution >= 4 is 33.4 Å². The van der Waals surface area contributed by atoms with Gasteiger partial charge in [-0.3, -0.25) is 9.59 Å². The van der Waals surface area contributed by atoms with Crippen LogP contribution in [0.25, 0.3) is 22.5 Å². The van der Waals surface area contributed by atoms with Crippen molar-refractivity contribution < 1.29 is 22.7 Å². The largest absolute Gasteiger partial charge is 0.494 e. The van der Waals surface area contributed by atoms with E-state index in [2.05, 4.69) is 22.2 Å². The standard InChI is InChI=1S/C35H43N5O5S2/c1-5-6-7-8-9-20-45-28-16-14-25(15-17-28)27-22-37-32(38-23-27)26-12-10-24(11-13-26)21-29(33(41)40-47(36,43)44)39-34(42)30-18-19-31(46-30)35(2,3)4/h10-19,22-23,29H,5-9,20-21H2,1-4H3,(H,39,42)(H,40,41)(H2,36,43,44). The highest BCUT2D eigenvalue weighted by Gasteiger charge is 2.26. The van der Waals surface area contributed by atoms with E-state index in [1.165, 1.54) is 37.0 Å². The van der Waals surface area contributed by atoms with Crippen LogP contribution in [-0.4, -0.2) is 42.8 Å². The van der Waals surface area contributed by atoms with Crippen molar-refractivity contribution in [1.82, 2.24) is 20.0 Å². The van der Waals surface area contributed by atoms with E-state index in [9.17, 15) is 18.0 Å². The van der Waals surface area contributed by atoms with Gasteiger partial charge in [-0.2, -0.15) is 8.42 Å². The number of rotatable bonds is 15. The smallest absolute Gasteiger partial charge is 0.298 e. The van der Waals surface area contributed by atoms with Crippen LogP contribution in [0.4, 0.5) is 0 Å². The first-order valence-electron chi connectivity index (χ1n) is 15.7. The van der Waals surface area contributed by atoms with E-state index in [0.29, 0.717) is 22.9 Å². The van der Waals surface area contributed by atoms with Crippen LogP contribution in [0.5, 0.6) is 5.75 Å². The maximum absolute atomic E-state index is 13.0. The molecule has 10 nitrogen and oxygen atoms in total. The number of carbonyl (C=O) groups is 2. The zero-order valence-corrected chi connectivity index (χ0v) is 28.9. The lowest BCUT2D eigenvalue weighted by Crippen LogP contribution is -2.50. The third-order valence-electron chi connectivity index (χ3n) is 7.44. The highest BCUT2D eigenvalue weighted by Crippen LogP contribution is 2.29. The number of benzene rings is 2. The highest BCUT2D eigenvalue weighted by atomic mass is 32.2. The molecule has 2 aromatic heterocycles. The number of unbranched alkanes of at least 4 members (excludes halogenated alkanes) is 4. The minimum Gasteiger partial charge on any atom is -0.494 e. The van der Waals surface area contributed by atoms with Gasteiger partial charge >= 0.3 is 0 Å². The van der Waals surface area contributed by atoms with Crippen molar-refractivity contribution in [2.24, 2.45) is 5.14 Å². The number of ether oxygens (including phenoxy) is 1. The molecule has 2 heterocycles. The van der Waals surface area contributed by atoms with Gasteiger partial charge in [0.15, 0.2) is 5.82 Å².